The number of nitrogens with zero attached hydrogens (tertiary/aromatic N) is 2. The Kier molecular flexibility index (Phi) is 5.06. The van der Waals surface area contributed by atoms with E-state index in [2.05, 4.69) is 14.5 Å². The van der Waals surface area contributed by atoms with E-state index in [1.54, 1.807) is 0 Å². The van der Waals surface area contributed by atoms with Gasteiger partial charge in [0.25, 0.3) is 0 Å². The maximum atomic E-state index is 12.3. The molecule has 0 atom stereocenters. The predicted octanol–water partition coefficient (Wildman–Crippen LogP) is 2.30. The zero-order valence-electron chi connectivity index (χ0n) is 11.1. The Morgan fingerprint density at radius 1 is 1.48 bits per heavy atom. The van der Waals surface area contributed by atoms with E-state index in [1.807, 2.05) is 0 Å². The number of hydrogen-bond acceptors (Lipinski definition) is 6. The lowest BCUT2D eigenvalue weighted by molar-refractivity contribution is -0.389. The van der Waals surface area contributed by atoms with E-state index in [4.69, 9.17) is 0 Å². The van der Waals surface area contributed by atoms with Crippen LogP contribution in [0.15, 0.2) is 6.20 Å². The molecule has 0 unspecified atom stereocenters. The van der Waals surface area contributed by atoms with Gasteiger partial charge in [0.05, 0.1) is 29.2 Å². The molecule has 10 heteroatoms. The fourth-order valence-corrected chi connectivity index (χ4v) is 1.55. The zero-order chi connectivity index (χ0) is 16.2. The number of halogens is 3. The summed E-state index contributed by atoms with van der Waals surface area (Å²) in [6.45, 7) is 2.69. The average molecular weight is 308 g/mol. The topological polar surface area (TPSA) is 91.6 Å². The summed E-state index contributed by atoms with van der Waals surface area (Å²) in [5.74, 6) is -1.85. The molecule has 0 aliphatic carbocycles. The first-order valence-electron chi connectivity index (χ1n) is 5.70. The number of nitro groups is 1. The van der Waals surface area contributed by atoms with E-state index in [9.17, 15) is 28.1 Å². The SMILES string of the molecule is CCOC(=O)Cc1cnc(C)c(OC(F)(F)F)c1[N+](=O)[O-]. The zero-order valence-corrected chi connectivity index (χ0v) is 11.1. The number of alkyl halides is 3. The number of aromatic nitrogens is 1. The van der Waals surface area contributed by atoms with Gasteiger partial charge in [-0.1, -0.05) is 0 Å². The largest absolute Gasteiger partial charge is 0.573 e. The first kappa shape index (κ1) is 16.7. The Morgan fingerprint density at radius 2 is 2.10 bits per heavy atom. The van der Waals surface area contributed by atoms with Crippen molar-refractivity contribution in [2.75, 3.05) is 6.61 Å². The van der Waals surface area contributed by atoms with Crippen molar-refractivity contribution in [1.82, 2.24) is 4.98 Å². The first-order valence-corrected chi connectivity index (χ1v) is 5.70. The lowest BCUT2D eigenvalue weighted by atomic mass is 10.1. The van der Waals surface area contributed by atoms with Gasteiger partial charge in [-0.25, -0.2) is 0 Å². The van der Waals surface area contributed by atoms with Crippen LogP contribution in [0, 0.1) is 17.0 Å². The second kappa shape index (κ2) is 6.37. The van der Waals surface area contributed by atoms with Crippen molar-refractivity contribution in [1.29, 1.82) is 0 Å². The highest BCUT2D eigenvalue weighted by atomic mass is 19.4. The quantitative estimate of drug-likeness (QED) is 0.471. The van der Waals surface area contributed by atoms with Crippen LogP contribution in [0.5, 0.6) is 5.75 Å². The van der Waals surface area contributed by atoms with E-state index < -0.39 is 35.1 Å². The molecular weight excluding hydrogens is 297 g/mol. The minimum Gasteiger partial charge on any atom is -0.466 e. The third kappa shape index (κ3) is 4.58. The van der Waals surface area contributed by atoms with Crippen molar-refractivity contribution in [3.05, 3.63) is 27.6 Å². The van der Waals surface area contributed by atoms with Crippen LogP contribution in [0.25, 0.3) is 0 Å². The van der Waals surface area contributed by atoms with Crippen LogP contribution in [0.3, 0.4) is 0 Å². The second-order valence-electron chi connectivity index (χ2n) is 3.83. The Balaban J connectivity index is 3.30. The highest BCUT2D eigenvalue weighted by molar-refractivity contribution is 5.75. The number of esters is 1. The van der Waals surface area contributed by atoms with Crippen molar-refractivity contribution >= 4 is 11.7 Å². The molecule has 0 saturated heterocycles. The summed E-state index contributed by atoms with van der Waals surface area (Å²) >= 11 is 0. The summed E-state index contributed by atoms with van der Waals surface area (Å²) in [7, 11) is 0. The van der Waals surface area contributed by atoms with Crippen LogP contribution >= 0.6 is 0 Å². The number of rotatable bonds is 5. The number of hydrogen-bond donors (Lipinski definition) is 0. The predicted molar refractivity (Wildman–Crippen MR) is 62.6 cm³/mol. The molecular formula is C11H11F3N2O5. The standard InChI is InChI=1S/C11H11F3N2O5/c1-3-20-8(17)4-7-5-15-6(2)10(9(7)16(18)19)21-11(12,13)14/h5H,3-4H2,1-2H3. The molecule has 1 heterocycles. The van der Waals surface area contributed by atoms with Gasteiger partial charge in [-0.2, -0.15) is 0 Å². The second-order valence-corrected chi connectivity index (χ2v) is 3.83. The van der Waals surface area contributed by atoms with Crippen LogP contribution in [0.1, 0.15) is 18.2 Å². The molecule has 21 heavy (non-hydrogen) atoms. The van der Waals surface area contributed by atoms with Crippen LogP contribution < -0.4 is 4.74 Å². The molecule has 116 valence electrons. The van der Waals surface area contributed by atoms with Gasteiger partial charge in [0, 0.05) is 6.20 Å². The van der Waals surface area contributed by atoms with Gasteiger partial charge in [0.2, 0.25) is 5.75 Å². The van der Waals surface area contributed by atoms with Crippen molar-refractivity contribution < 1.29 is 32.4 Å². The van der Waals surface area contributed by atoms with Gasteiger partial charge < -0.3 is 9.47 Å². The van der Waals surface area contributed by atoms with Crippen molar-refractivity contribution in [3.8, 4) is 5.75 Å². The maximum Gasteiger partial charge on any atom is 0.573 e. The van der Waals surface area contributed by atoms with Crippen molar-refractivity contribution in [2.45, 2.75) is 26.6 Å². The number of aryl methyl sites for hydroxylation is 1. The van der Waals surface area contributed by atoms with Gasteiger partial charge in [0.1, 0.15) is 0 Å². The summed E-state index contributed by atoms with van der Waals surface area (Å²) in [6.07, 6.45) is -4.74. The molecule has 0 spiro atoms. The highest BCUT2D eigenvalue weighted by Gasteiger charge is 2.37. The summed E-state index contributed by atoms with van der Waals surface area (Å²) in [6, 6.07) is 0. The Labute approximate surface area is 116 Å². The van der Waals surface area contributed by atoms with Crippen molar-refractivity contribution in [3.63, 3.8) is 0 Å². The van der Waals surface area contributed by atoms with Gasteiger partial charge in [-0.3, -0.25) is 19.9 Å². The summed E-state index contributed by atoms with van der Waals surface area (Å²) in [5, 5.41) is 11.0. The molecule has 1 rings (SSSR count). The molecule has 0 fully saturated rings. The molecule has 0 radical (unpaired) electrons. The van der Waals surface area contributed by atoms with Crippen LogP contribution in [0.2, 0.25) is 0 Å². The average Bonchev–Trinajstić information content (AvgIpc) is 2.31. The van der Waals surface area contributed by atoms with Gasteiger partial charge in [-0.05, 0) is 13.8 Å². The maximum absolute atomic E-state index is 12.3. The minimum absolute atomic E-state index is 0.0395. The smallest absolute Gasteiger partial charge is 0.466 e. The lowest BCUT2D eigenvalue weighted by Gasteiger charge is -2.12. The summed E-state index contributed by atoms with van der Waals surface area (Å²) in [4.78, 5) is 24.9. The normalized spacial score (nSPS) is 11.1. The third-order valence-electron chi connectivity index (χ3n) is 2.30. The molecule has 0 N–H and O–H groups in total. The Morgan fingerprint density at radius 3 is 2.57 bits per heavy atom. The Bertz CT molecular complexity index is 560. The van der Waals surface area contributed by atoms with E-state index in [0.29, 0.717) is 0 Å². The van der Waals surface area contributed by atoms with E-state index in [0.717, 1.165) is 13.1 Å². The van der Waals surface area contributed by atoms with Gasteiger partial charge in [0.15, 0.2) is 0 Å². The summed E-state index contributed by atoms with van der Waals surface area (Å²) < 4.78 is 45.2. The van der Waals surface area contributed by atoms with E-state index >= 15 is 0 Å². The molecule has 0 amide bonds. The number of pyridine rings is 1. The molecule has 0 bridgehead atoms. The van der Waals surface area contributed by atoms with E-state index in [-0.39, 0.29) is 17.9 Å². The van der Waals surface area contributed by atoms with Crippen LogP contribution in [0.4, 0.5) is 18.9 Å². The first-order chi connectivity index (χ1) is 9.65. The van der Waals surface area contributed by atoms with Gasteiger partial charge >= 0.3 is 18.0 Å². The lowest BCUT2D eigenvalue weighted by Crippen LogP contribution is -2.20. The van der Waals surface area contributed by atoms with Crippen molar-refractivity contribution in [2.24, 2.45) is 0 Å². The molecule has 1 aromatic rings. The molecule has 0 aliphatic heterocycles. The molecule has 0 saturated carbocycles. The fourth-order valence-electron chi connectivity index (χ4n) is 1.55. The number of ether oxygens (including phenoxy) is 2. The molecule has 7 nitrogen and oxygen atoms in total. The highest BCUT2D eigenvalue weighted by Crippen LogP contribution is 2.36. The molecule has 0 aromatic carbocycles. The fraction of sp³-hybridized carbons (Fsp3) is 0.455. The molecule has 0 aliphatic rings. The Hall–Kier alpha value is -2.39. The van der Waals surface area contributed by atoms with Crippen LogP contribution in [-0.4, -0.2) is 28.8 Å². The third-order valence-corrected chi connectivity index (χ3v) is 2.30. The van der Waals surface area contributed by atoms with E-state index in [1.165, 1.54) is 6.92 Å². The van der Waals surface area contributed by atoms with Gasteiger partial charge in [-0.15, -0.1) is 13.2 Å². The number of carbonyl (C=O) groups excluding carboxylic acids is 1. The number of carbonyl (C=O) groups is 1. The minimum atomic E-state index is -5.11. The van der Waals surface area contributed by atoms with Crippen LogP contribution in [-0.2, 0) is 16.0 Å². The molecule has 1 aromatic heterocycles. The monoisotopic (exact) mass is 308 g/mol. The summed E-state index contributed by atoms with van der Waals surface area (Å²) in [5.41, 5.74) is -1.58.